The Morgan fingerprint density at radius 1 is 0.731 bits per heavy atom. The number of amides is 5. The van der Waals surface area contributed by atoms with Gasteiger partial charge >= 0.3 is 0 Å². The summed E-state index contributed by atoms with van der Waals surface area (Å²) in [5, 5.41) is 9.80. The van der Waals surface area contributed by atoms with E-state index in [4.69, 9.17) is 0 Å². The number of nitrogens with zero attached hydrogens (tertiary/aromatic N) is 1. The van der Waals surface area contributed by atoms with Crippen molar-refractivity contribution in [2.45, 2.75) is 58.8 Å². The van der Waals surface area contributed by atoms with Crippen LogP contribution in [0.1, 0.15) is 34.6 Å². The van der Waals surface area contributed by atoms with Crippen molar-refractivity contribution in [3.8, 4) is 0 Å². The van der Waals surface area contributed by atoms with Crippen LogP contribution in [0.4, 0.5) is 0 Å². The van der Waals surface area contributed by atoms with Crippen LogP contribution in [0.15, 0.2) is 0 Å². The van der Waals surface area contributed by atoms with Crippen LogP contribution in [0, 0.1) is 0 Å². The molecule has 4 atom stereocenters. The van der Waals surface area contributed by atoms with Crippen molar-refractivity contribution in [2.24, 2.45) is 0 Å². The predicted octanol–water partition coefficient (Wildman–Crippen LogP) is -1.89. The minimum Gasteiger partial charge on any atom is -0.357 e. The first-order chi connectivity index (χ1) is 11.9. The zero-order valence-corrected chi connectivity index (χ0v) is 16.3. The number of nitrogens with one attached hydrogen (secondary N) is 4. The zero-order chi connectivity index (χ0) is 20.6. The molecule has 4 N–H and O–H groups in total. The molecule has 0 spiro atoms. The van der Waals surface area contributed by atoms with Gasteiger partial charge in [0.25, 0.3) is 0 Å². The fourth-order valence-corrected chi connectivity index (χ4v) is 2.06. The first kappa shape index (κ1) is 23.4. The third kappa shape index (κ3) is 7.08. The molecule has 0 aromatic rings. The van der Waals surface area contributed by atoms with E-state index in [2.05, 4.69) is 21.3 Å². The molecule has 0 saturated heterocycles. The fraction of sp³-hybridized carbons (Fsp3) is 0.688. The highest BCUT2D eigenvalue weighted by molar-refractivity contribution is 5.94. The lowest BCUT2D eigenvalue weighted by atomic mass is 10.2. The van der Waals surface area contributed by atoms with Crippen LogP contribution in [-0.4, -0.2) is 72.7 Å². The lowest BCUT2D eigenvalue weighted by Gasteiger charge is -2.27. The summed E-state index contributed by atoms with van der Waals surface area (Å²) >= 11 is 0. The summed E-state index contributed by atoms with van der Waals surface area (Å²) in [5.41, 5.74) is 0. The highest BCUT2D eigenvalue weighted by Gasteiger charge is 2.28. The maximum Gasteiger partial charge on any atom is 0.245 e. The van der Waals surface area contributed by atoms with Crippen molar-refractivity contribution in [3.63, 3.8) is 0 Å². The van der Waals surface area contributed by atoms with Crippen LogP contribution in [0.3, 0.4) is 0 Å². The summed E-state index contributed by atoms with van der Waals surface area (Å²) < 4.78 is 0. The molecule has 0 aliphatic heterocycles. The van der Waals surface area contributed by atoms with E-state index in [0.717, 1.165) is 0 Å². The number of likely N-dealkylation sites (N-methyl/N-ethyl adjacent to an activating group) is 2. The van der Waals surface area contributed by atoms with Gasteiger partial charge in [0, 0.05) is 21.0 Å². The molecule has 0 aliphatic carbocycles. The Morgan fingerprint density at radius 3 is 1.58 bits per heavy atom. The van der Waals surface area contributed by atoms with E-state index in [-0.39, 0.29) is 11.8 Å². The van der Waals surface area contributed by atoms with Gasteiger partial charge in [-0.25, -0.2) is 0 Å². The molecule has 10 nitrogen and oxygen atoms in total. The average Bonchev–Trinajstić information content (AvgIpc) is 2.57. The molecule has 0 saturated carbocycles. The van der Waals surface area contributed by atoms with Gasteiger partial charge in [-0.05, 0) is 27.7 Å². The molecule has 0 aliphatic rings. The summed E-state index contributed by atoms with van der Waals surface area (Å²) in [5.74, 6) is -2.22. The second-order valence-corrected chi connectivity index (χ2v) is 6.12. The lowest BCUT2D eigenvalue weighted by Crippen LogP contribution is -2.56. The second-order valence-electron chi connectivity index (χ2n) is 6.12. The van der Waals surface area contributed by atoms with Gasteiger partial charge in [-0.2, -0.15) is 0 Å². The third-order valence-corrected chi connectivity index (χ3v) is 3.85. The molecule has 0 bridgehead atoms. The number of hydrogen-bond donors (Lipinski definition) is 4. The van der Waals surface area contributed by atoms with Crippen LogP contribution in [-0.2, 0) is 24.0 Å². The van der Waals surface area contributed by atoms with Gasteiger partial charge in [-0.15, -0.1) is 0 Å². The second kappa shape index (κ2) is 10.4. The van der Waals surface area contributed by atoms with Gasteiger partial charge in [-0.1, -0.05) is 0 Å². The monoisotopic (exact) mass is 371 g/mol. The molecule has 5 amide bonds. The standard InChI is InChI=1S/C16H29N5O5/c1-8(18-12(5)22)13(23)19-9(2)14(24)20-10(3)16(26)21(7)11(4)15(25)17-6/h8-11H,1-7H3,(H,17,25)(H,18,22)(H,19,23)(H,20,24)/t8-,9-,10-,11-/m0/s1. The summed E-state index contributed by atoms with van der Waals surface area (Å²) in [6.45, 7) is 7.28. The molecule has 10 heteroatoms. The van der Waals surface area contributed by atoms with Gasteiger partial charge in [0.2, 0.25) is 29.5 Å². The van der Waals surface area contributed by atoms with E-state index < -0.39 is 41.9 Å². The maximum absolute atomic E-state index is 12.3. The van der Waals surface area contributed by atoms with Gasteiger partial charge in [0.05, 0.1) is 0 Å². The maximum atomic E-state index is 12.3. The molecular formula is C16H29N5O5. The quantitative estimate of drug-likeness (QED) is 0.396. The molecular weight excluding hydrogens is 342 g/mol. The van der Waals surface area contributed by atoms with Crippen LogP contribution in [0.5, 0.6) is 0 Å². The van der Waals surface area contributed by atoms with Gasteiger partial charge in [0.1, 0.15) is 24.2 Å². The summed E-state index contributed by atoms with van der Waals surface area (Å²) in [6.07, 6.45) is 0. The molecule has 26 heavy (non-hydrogen) atoms. The topological polar surface area (TPSA) is 137 Å². The van der Waals surface area contributed by atoms with E-state index in [1.54, 1.807) is 6.92 Å². The molecule has 0 aromatic carbocycles. The van der Waals surface area contributed by atoms with Crippen molar-refractivity contribution in [3.05, 3.63) is 0 Å². The number of rotatable bonds is 8. The Labute approximate surface area is 153 Å². The van der Waals surface area contributed by atoms with Crippen molar-refractivity contribution in [2.75, 3.05) is 14.1 Å². The van der Waals surface area contributed by atoms with E-state index in [0.29, 0.717) is 0 Å². The average molecular weight is 371 g/mol. The van der Waals surface area contributed by atoms with Crippen molar-refractivity contribution in [1.82, 2.24) is 26.2 Å². The highest BCUT2D eigenvalue weighted by atomic mass is 16.2. The molecule has 148 valence electrons. The molecule has 0 unspecified atom stereocenters. The molecule has 0 radical (unpaired) electrons. The van der Waals surface area contributed by atoms with Gasteiger partial charge in [0.15, 0.2) is 0 Å². The normalized spacial score (nSPS) is 14.9. The third-order valence-electron chi connectivity index (χ3n) is 3.85. The Bertz CT molecular complexity index is 565. The Balaban J connectivity index is 4.69. The van der Waals surface area contributed by atoms with Crippen LogP contribution in [0.25, 0.3) is 0 Å². The lowest BCUT2D eigenvalue weighted by molar-refractivity contribution is -0.141. The van der Waals surface area contributed by atoms with Gasteiger partial charge in [-0.3, -0.25) is 24.0 Å². The smallest absolute Gasteiger partial charge is 0.245 e. The fourth-order valence-electron chi connectivity index (χ4n) is 2.06. The molecule has 0 heterocycles. The first-order valence-electron chi connectivity index (χ1n) is 8.28. The molecule has 0 aromatic heterocycles. The number of hydrogen-bond acceptors (Lipinski definition) is 5. The van der Waals surface area contributed by atoms with Gasteiger partial charge < -0.3 is 26.2 Å². The summed E-state index contributed by atoms with van der Waals surface area (Å²) in [7, 11) is 2.93. The first-order valence-corrected chi connectivity index (χ1v) is 8.28. The number of carbonyl (C=O) groups excluding carboxylic acids is 5. The van der Waals surface area contributed by atoms with Crippen molar-refractivity contribution >= 4 is 29.5 Å². The van der Waals surface area contributed by atoms with E-state index in [1.807, 2.05) is 0 Å². The highest BCUT2D eigenvalue weighted by Crippen LogP contribution is 2.00. The largest absolute Gasteiger partial charge is 0.357 e. The number of carbonyl (C=O) groups is 5. The minimum atomic E-state index is -0.907. The van der Waals surface area contributed by atoms with Crippen LogP contribution < -0.4 is 21.3 Å². The van der Waals surface area contributed by atoms with Crippen LogP contribution in [0.2, 0.25) is 0 Å². The molecule has 0 fully saturated rings. The minimum absolute atomic E-state index is 0.327. The summed E-state index contributed by atoms with van der Waals surface area (Å²) in [4.78, 5) is 60.1. The Hall–Kier alpha value is -2.65. The zero-order valence-electron chi connectivity index (χ0n) is 16.3. The van der Waals surface area contributed by atoms with E-state index in [9.17, 15) is 24.0 Å². The Morgan fingerprint density at radius 2 is 1.15 bits per heavy atom. The SMILES string of the molecule is CNC(=O)[C@H](C)N(C)C(=O)[C@H](C)NC(=O)[C@H](C)NC(=O)[C@H](C)NC(C)=O. The Kier molecular flexibility index (Phi) is 9.31. The summed E-state index contributed by atoms with van der Waals surface area (Å²) in [6, 6.07) is -3.27. The van der Waals surface area contributed by atoms with Crippen molar-refractivity contribution < 1.29 is 24.0 Å². The van der Waals surface area contributed by atoms with Crippen LogP contribution >= 0.6 is 0 Å². The van der Waals surface area contributed by atoms with E-state index in [1.165, 1.54) is 46.7 Å². The van der Waals surface area contributed by atoms with E-state index >= 15 is 0 Å². The van der Waals surface area contributed by atoms with Crippen molar-refractivity contribution in [1.29, 1.82) is 0 Å². The molecule has 0 rings (SSSR count). The predicted molar refractivity (Wildman–Crippen MR) is 94.8 cm³/mol.